The van der Waals surface area contributed by atoms with Gasteiger partial charge in [-0.1, -0.05) is 0 Å². The second-order valence-electron chi connectivity index (χ2n) is 5.01. The summed E-state index contributed by atoms with van der Waals surface area (Å²) in [5, 5.41) is 28.6. The van der Waals surface area contributed by atoms with E-state index in [1.165, 1.54) is 0 Å². The first-order chi connectivity index (χ1) is 11.2. The monoisotopic (exact) mass is 350 g/mol. The van der Waals surface area contributed by atoms with E-state index in [9.17, 15) is 28.5 Å². The van der Waals surface area contributed by atoms with Gasteiger partial charge < -0.3 is 19.7 Å². The Hall–Kier alpha value is -3.04. The quantitative estimate of drug-likeness (QED) is 0.512. The summed E-state index contributed by atoms with van der Waals surface area (Å²) in [5.74, 6) is -1.31. The van der Waals surface area contributed by atoms with Crippen LogP contribution in [0.25, 0.3) is 22.1 Å². The first kappa shape index (κ1) is 15.8. The molecule has 0 aliphatic rings. The van der Waals surface area contributed by atoms with E-state index in [1.807, 2.05) is 0 Å². The normalized spacial score (nSPS) is 11.7. The zero-order valence-electron chi connectivity index (χ0n) is 11.8. The van der Waals surface area contributed by atoms with Gasteiger partial charge in [0.15, 0.2) is 0 Å². The van der Waals surface area contributed by atoms with Crippen LogP contribution < -0.4 is 5.43 Å². The second kappa shape index (κ2) is 5.25. The third-order valence-electron chi connectivity index (χ3n) is 3.34. The Labute approximate surface area is 134 Å². The van der Waals surface area contributed by atoms with Crippen LogP contribution in [0.1, 0.15) is 0 Å². The number of phenols is 3. The number of hydrogen-bond donors (Lipinski definition) is 4. The molecule has 0 atom stereocenters. The molecule has 0 amide bonds. The average molecular weight is 350 g/mol. The molecule has 1 aromatic heterocycles. The minimum Gasteiger partial charge on any atom is -0.508 e. The van der Waals surface area contributed by atoms with Crippen molar-refractivity contribution in [3.63, 3.8) is 0 Å². The van der Waals surface area contributed by atoms with Gasteiger partial charge in [0.05, 0.1) is 10.5 Å². The van der Waals surface area contributed by atoms with E-state index in [1.54, 1.807) is 0 Å². The first-order valence-corrected chi connectivity index (χ1v) is 7.90. The fourth-order valence-corrected chi connectivity index (χ4v) is 2.85. The van der Waals surface area contributed by atoms with E-state index < -0.39 is 31.9 Å². The maximum Gasteiger partial charge on any atom is 0.294 e. The fraction of sp³-hybridized carbons (Fsp3) is 0. The molecule has 24 heavy (non-hydrogen) atoms. The van der Waals surface area contributed by atoms with Crippen LogP contribution >= 0.6 is 0 Å². The van der Waals surface area contributed by atoms with Gasteiger partial charge in [0.1, 0.15) is 34.5 Å². The zero-order valence-corrected chi connectivity index (χ0v) is 12.6. The van der Waals surface area contributed by atoms with E-state index >= 15 is 0 Å². The van der Waals surface area contributed by atoms with Crippen LogP contribution in [0.15, 0.2) is 50.7 Å². The topological polar surface area (TPSA) is 145 Å². The Morgan fingerprint density at radius 3 is 2.25 bits per heavy atom. The van der Waals surface area contributed by atoms with E-state index in [-0.39, 0.29) is 27.8 Å². The van der Waals surface area contributed by atoms with Gasteiger partial charge in [0.2, 0.25) is 5.43 Å². The van der Waals surface area contributed by atoms with E-state index in [0.29, 0.717) is 0 Å². The molecule has 0 saturated heterocycles. The number of phenolic OH excluding ortho intramolecular Hbond substituents is 3. The van der Waals surface area contributed by atoms with Gasteiger partial charge in [0, 0.05) is 18.2 Å². The lowest BCUT2D eigenvalue weighted by Gasteiger charge is -2.07. The number of rotatable bonds is 2. The predicted octanol–water partition coefficient (Wildman–Crippen LogP) is 1.82. The summed E-state index contributed by atoms with van der Waals surface area (Å²) < 4.78 is 36.7. The van der Waals surface area contributed by atoms with Crippen LogP contribution in [0.2, 0.25) is 0 Å². The van der Waals surface area contributed by atoms with Crippen LogP contribution in [-0.4, -0.2) is 28.3 Å². The Kier molecular flexibility index (Phi) is 3.47. The Morgan fingerprint density at radius 1 is 0.917 bits per heavy atom. The molecular formula is C15H10O8S. The van der Waals surface area contributed by atoms with Crippen molar-refractivity contribution >= 4 is 21.1 Å². The smallest absolute Gasteiger partial charge is 0.294 e. The molecule has 0 fully saturated rings. The predicted molar refractivity (Wildman–Crippen MR) is 82.7 cm³/mol. The molecule has 2 aromatic carbocycles. The third-order valence-corrected chi connectivity index (χ3v) is 4.17. The van der Waals surface area contributed by atoms with Gasteiger partial charge in [0.25, 0.3) is 10.1 Å². The molecule has 9 heteroatoms. The highest BCUT2D eigenvalue weighted by Gasteiger charge is 2.17. The molecular weight excluding hydrogens is 340 g/mol. The third kappa shape index (κ3) is 2.66. The minimum absolute atomic E-state index is 0.0363. The first-order valence-electron chi connectivity index (χ1n) is 6.46. The van der Waals surface area contributed by atoms with Crippen molar-refractivity contribution in [2.45, 2.75) is 4.90 Å². The Bertz CT molecular complexity index is 1130. The molecule has 1 heterocycles. The summed E-state index contributed by atoms with van der Waals surface area (Å²) in [5.41, 5.74) is -0.966. The van der Waals surface area contributed by atoms with Crippen molar-refractivity contribution in [1.29, 1.82) is 0 Å². The molecule has 3 rings (SSSR count). The molecule has 124 valence electrons. The summed E-state index contributed by atoms with van der Waals surface area (Å²) in [4.78, 5) is 11.9. The summed E-state index contributed by atoms with van der Waals surface area (Å²) in [6.07, 6.45) is 0.992. The second-order valence-corrected chi connectivity index (χ2v) is 6.43. The summed E-state index contributed by atoms with van der Waals surface area (Å²) in [6, 6.07) is 4.98. The van der Waals surface area contributed by atoms with E-state index in [2.05, 4.69) is 0 Å². The molecule has 3 aromatic rings. The van der Waals surface area contributed by atoms with Gasteiger partial charge in [-0.25, -0.2) is 0 Å². The SMILES string of the molecule is O=c1c(-c2cc(O)cc(S(=O)(=O)O)c2)coc2cc(O)cc(O)c12. The average Bonchev–Trinajstić information content (AvgIpc) is 2.45. The van der Waals surface area contributed by atoms with Crippen LogP contribution in [-0.2, 0) is 10.1 Å². The Balaban J connectivity index is 2.34. The standard InChI is InChI=1S/C15H10O8S/c16-8-1-7(2-10(3-8)24(20,21)22)11-6-23-13-5-9(17)4-12(18)14(13)15(11)19/h1-6,16-18H,(H,20,21,22). The molecule has 0 aliphatic carbocycles. The van der Waals surface area contributed by atoms with Crippen LogP contribution in [0, 0.1) is 0 Å². The number of fused-ring (bicyclic) bond motifs is 1. The van der Waals surface area contributed by atoms with Gasteiger partial charge in [-0.3, -0.25) is 9.35 Å². The highest BCUT2D eigenvalue weighted by molar-refractivity contribution is 7.85. The van der Waals surface area contributed by atoms with Crippen molar-refractivity contribution in [2.75, 3.05) is 0 Å². The van der Waals surface area contributed by atoms with Gasteiger partial charge in [-0.2, -0.15) is 8.42 Å². The van der Waals surface area contributed by atoms with Crippen LogP contribution in [0.3, 0.4) is 0 Å². The van der Waals surface area contributed by atoms with Crippen LogP contribution in [0.5, 0.6) is 17.2 Å². The largest absolute Gasteiger partial charge is 0.508 e. The lowest BCUT2D eigenvalue weighted by molar-refractivity contribution is 0.452. The van der Waals surface area contributed by atoms with Crippen molar-refractivity contribution in [3.05, 3.63) is 46.8 Å². The van der Waals surface area contributed by atoms with E-state index in [0.717, 1.165) is 36.6 Å². The highest BCUT2D eigenvalue weighted by Crippen LogP contribution is 2.31. The van der Waals surface area contributed by atoms with Crippen LogP contribution in [0.4, 0.5) is 0 Å². The zero-order chi connectivity index (χ0) is 17.6. The molecule has 0 saturated carbocycles. The van der Waals surface area contributed by atoms with E-state index in [4.69, 9.17) is 8.97 Å². The van der Waals surface area contributed by atoms with Gasteiger partial charge >= 0.3 is 0 Å². The molecule has 0 bridgehead atoms. The maximum absolute atomic E-state index is 12.5. The van der Waals surface area contributed by atoms with Crippen molar-refractivity contribution in [3.8, 4) is 28.4 Å². The molecule has 8 nitrogen and oxygen atoms in total. The summed E-state index contributed by atoms with van der Waals surface area (Å²) >= 11 is 0. The van der Waals surface area contributed by atoms with Gasteiger partial charge in [-0.05, 0) is 17.7 Å². The fourth-order valence-electron chi connectivity index (χ4n) is 2.31. The van der Waals surface area contributed by atoms with Gasteiger partial charge in [-0.15, -0.1) is 0 Å². The molecule has 0 aliphatic heterocycles. The van der Waals surface area contributed by atoms with Crippen molar-refractivity contribution in [1.82, 2.24) is 0 Å². The lowest BCUT2D eigenvalue weighted by Crippen LogP contribution is -2.06. The number of aromatic hydroxyl groups is 3. The molecule has 0 spiro atoms. The number of benzene rings is 2. The maximum atomic E-state index is 12.5. The highest BCUT2D eigenvalue weighted by atomic mass is 32.2. The summed E-state index contributed by atoms with van der Waals surface area (Å²) in [7, 11) is -4.60. The van der Waals surface area contributed by atoms with Crippen molar-refractivity contribution < 1.29 is 32.7 Å². The number of hydrogen-bond acceptors (Lipinski definition) is 7. The Morgan fingerprint density at radius 2 is 1.58 bits per heavy atom. The minimum atomic E-state index is -4.60. The molecule has 4 N–H and O–H groups in total. The molecule has 0 radical (unpaired) electrons. The lowest BCUT2D eigenvalue weighted by atomic mass is 10.0. The van der Waals surface area contributed by atoms with Crippen molar-refractivity contribution in [2.24, 2.45) is 0 Å². The summed E-state index contributed by atoms with van der Waals surface area (Å²) in [6.45, 7) is 0. The molecule has 0 unspecified atom stereocenters.